The van der Waals surface area contributed by atoms with Gasteiger partial charge in [-0.25, -0.2) is 0 Å². The summed E-state index contributed by atoms with van der Waals surface area (Å²) in [5, 5.41) is 5.95. The lowest BCUT2D eigenvalue weighted by Gasteiger charge is -2.23. The number of nitrogens with two attached hydrogens (primary N) is 1. The SMILES string of the molecule is Cl.NCC1CCCN1C(=O)CCCc1nc(-c2cccs2)no1. The van der Waals surface area contributed by atoms with Crippen molar-refractivity contribution in [2.24, 2.45) is 5.73 Å². The van der Waals surface area contributed by atoms with Crippen LogP contribution in [0, 0.1) is 0 Å². The van der Waals surface area contributed by atoms with Gasteiger partial charge in [0.25, 0.3) is 0 Å². The van der Waals surface area contributed by atoms with Gasteiger partial charge in [0, 0.05) is 32.0 Å². The number of rotatable bonds is 6. The Labute approximate surface area is 145 Å². The van der Waals surface area contributed by atoms with Gasteiger partial charge >= 0.3 is 0 Å². The Bertz CT molecular complexity index is 617. The van der Waals surface area contributed by atoms with Gasteiger partial charge in [-0.3, -0.25) is 4.79 Å². The number of carbonyl (C=O) groups excluding carboxylic acids is 1. The highest BCUT2D eigenvalue weighted by Crippen LogP contribution is 2.22. The second-order valence-corrected chi connectivity index (χ2v) is 6.41. The minimum atomic E-state index is 0. The first kappa shape index (κ1) is 17.9. The fraction of sp³-hybridized carbons (Fsp3) is 0.533. The van der Waals surface area contributed by atoms with Crippen LogP contribution < -0.4 is 5.73 Å². The molecule has 8 heteroatoms. The molecule has 1 amide bonds. The summed E-state index contributed by atoms with van der Waals surface area (Å²) in [6.45, 7) is 1.39. The molecule has 1 saturated heterocycles. The van der Waals surface area contributed by atoms with Crippen LogP contribution in [0.25, 0.3) is 10.7 Å². The van der Waals surface area contributed by atoms with Crippen molar-refractivity contribution in [3.63, 3.8) is 0 Å². The maximum Gasteiger partial charge on any atom is 0.226 e. The second kappa shape index (κ2) is 8.42. The van der Waals surface area contributed by atoms with Crippen LogP contribution in [0.15, 0.2) is 22.0 Å². The summed E-state index contributed by atoms with van der Waals surface area (Å²) in [5.74, 6) is 1.40. The first-order chi connectivity index (χ1) is 10.8. The van der Waals surface area contributed by atoms with E-state index in [2.05, 4.69) is 10.1 Å². The molecule has 1 unspecified atom stereocenters. The molecule has 6 nitrogen and oxygen atoms in total. The summed E-state index contributed by atoms with van der Waals surface area (Å²) in [5.41, 5.74) is 5.70. The average Bonchev–Trinajstić information content (AvgIpc) is 3.26. The molecule has 1 atom stereocenters. The number of aryl methyl sites for hydroxylation is 1. The van der Waals surface area contributed by atoms with Crippen molar-refractivity contribution in [3.8, 4) is 10.7 Å². The Morgan fingerprint density at radius 1 is 1.52 bits per heavy atom. The van der Waals surface area contributed by atoms with Gasteiger partial charge in [-0.2, -0.15) is 4.98 Å². The number of halogens is 1. The molecule has 126 valence electrons. The van der Waals surface area contributed by atoms with Crippen molar-refractivity contribution in [2.75, 3.05) is 13.1 Å². The zero-order chi connectivity index (χ0) is 15.4. The van der Waals surface area contributed by atoms with Gasteiger partial charge in [0.05, 0.1) is 4.88 Å². The number of nitrogens with zero attached hydrogens (tertiary/aromatic N) is 3. The zero-order valence-corrected chi connectivity index (χ0v) is 14.4. The fourth-order valence-electron chi connectivity index (χ4n) is 2.81. The van der Waals surface area contributed by atoms with Crippen molar-refractivity contribution in [1.82, 2.24) is 15.0 Å². The van der Waals surface area contributed by atoms with Crippen molar-refractivity contribution in [3.05, 3.63) is 23.4 Å². The molecule has 3 heterocycles. The lowest BCUT2D eigenvalue weighted by molar-refractivity contribution is -0.131. The molecule has 1 aliphatic heterocycles. The van der Waals surface area contributed by atoms with E-state index in [1.165, 1.54) is 0 Å². The molecule has 0 aliphatic carbocycles. The van der Waals surface area contributed by atoms with Gasteiger partial charge in [-0.15, -0.1) is 23.7 Å². The quantitative estimate of drug-likeness (QED) is 0.859. The smallest absolute Gasteiger partial charge is 0.226 e. The standard InChI is InChI=1S/C15H20N4O2S.ClH/c16-10-11-4-2-8-19(11)14(20)7-1-6-13-17-15(18-21-13)12-5-3-9-22-12;/h3,5,9,11H,1-2,4,6-8,10,16H2;1H. The second-order valence-electron chi connectivity index (χ2n) is 5.46. The molecule has 0 spiro atoms. The van der Waals surface area contributed by atoms with Crippen LogP contribution in [-0.4, -0.2) is 40.1 Å². The molecule has 1 aliphatic rings. The number of carbonyl (C=O) groups is 1. The number of thiophene rings is 1. The molecule has 3 rings (SSSR count). The third kappa shape index (κ3) is 4.31. The molecule has 0 aromatic carbocycles. The van der Waals surface area contributed by atoms with Crippen molar-refractivity contribution in [1.29, 1.82) is 0 Å². The minimum Gasteiger partial charge on any atom is -0.339 e. The van der Waals surface area contributed by atoms with Crippen molar-refractivity contribution < 1.29 is 9.32 Å². The summed E-state index contributed by atoms with van der Waals surface area (Å²) in [6, 6.07) is 4.14. The Balaban J connectivity index is 0.00000192. The monoisotopic (exact) mass is 356 g/mol. The predicted octanol–water partition coefficient (Wildman–Crippen LogP) is 2.49. The molecule has 0 radical (unpaired) electrons. The topological polar surface area (TPSA) is 85.2 Å². The Kier molecular flexibility index (Phi) is 6.56. The van der Waals surface area contributed by atoms with Gasteiger partial charge < -0.3 is 15.2 Å². The first-order valence-corrected chi connectivity index (χ1v) is 8.52. The van der Waals surface area contributed by atoms with Gasteiger partial charge in [-0.1, -0.05) is 11.2 Å². The molecular formula is C15H21ClN4O2S. The number of aromatic nitrogens is 2. The Hall–Kier alpha value is -1.44. The predicted molar refractivity (Wildman–Crippen MR) is 91.6 cm³/mol. The number of hydrogen-bond acceptors (Lipinski definition) is 6. The van der Waals surface area contributed by atoms with Gasteiger partial charge in [0.1, 0.15) is 0 Å². The largest absolute Gasteiger partial charge is 0.339 e. The maximum atomic E-state index is 12.2. The van der Waals surface area contributed by atoms with Crippen LogP contribution >= 0.6 is 23.7 Å². The van der Waals surface area contributed by atoms with Gasteiger partial charge in [0.2, 0.25) is 17.6 Å². The molecular weight excluding hydrogens is 336 g/mol. The Morgan fingerprint density at radius 3 is 3.13 bits per heavy atom. The van der Waals surface area contributed by atoms with E-state index in [1.807, 2.05) is 22.4 Å². The maximum absolute atomic E-state index is 12.2. The van der Waals surface area contributed by atoms with E-state index in [1.54, 1.807) is 11.3 Å². The van der Waals surface area contributed by atoms with Gasteiger partial charge in [0.15, 0.2) is 0 Å². The van der Waals surface area contributed by atoms with Gasteiger partial charge in [-0.05, 0) is 30.7 Å². The van der Waals surface area contributed by atoms with Crippen LogP contribution in [0.4, 0.5) is 0 Å². The number of likely N-dealkylation sites (tertiary alicyclic amines) is 1. The van der Waals surface area contributed by atoms with Crippen LogP contribution in [-0.2, 0) is 11.2 Å². The highest BCUT2D eigenvalue weighted by Gasteiger charge is 2.26. The van der Waals surface area contributed by atoms with E-state index in [-0.39, 0.29) is 24.4 Å². The molecule has 2 aromatic rings. The highest BCUT2D eigenvalue weighted by molar-refractivity contribution is 7.13. The van der Waals surface area contributed by atoms with E-state index in [4.69, 9.17) is 10.3 Å². The summed E-state index contributed by atoms with van der Waals surface area (Å²) >= 11 is 1.58. The highest BCUT2D eigenvalue weighted by atomic mass is 35.5. The molecule has 2 aromatic heterocycles. The summed E-state index contributed by atoms with van der Waals surface area (Å²) < 4.78 is 5.24. The third-order valence-electron chi connectivity index (χ3n) is 3.96. The van der Waals surface area contributed by atoms with E-state index in [9.17, 15) is 4.79 Å². The zero-order valence-electron chi connectivity index (χ0n) is 12.8. The normalized spacial score (nSPS) is 17.3. The molecule has 1 fully saturated rings. The summed E-state index contributed by atoms with van der Waals surface area (Å²) in [6.07, 6.45) is 3.94. The third-order valence-corrected chi connectivity index (χ3v) is 4.83. The molecule has 2 N–H and O–H groups in total. The molecule has 23 heavy (non-hydrogen) atoms. The summed E-state index contributed by atoms with van der Waals surface area (Å²) in [4.78, 5) is 19.5. The average molecular weight is 357 g/mol. The van der Waals surface area contributed by atoms with E-state index in [0.29, 0.717) is 31.1 Å². The molecule has 0 saturated carbocycles. The lowest BCUT2D eigenvalue weighted by atomic mass is 10.2. The van der Waals surface area contributed by atoms with Crippen molar-refractivity contribution in [2.45, 2.75) is 38.1 Å². The number of amides is 1. The van der Waals surface area contributed by atoms with E-state index >= 15 is 0 Å². The first-order valence-electron chi connectivity index (χ1n) is 7.64. The molecule has 0 bridgehead atoms. The fourth-order valence-corrected chi connectivity index (χ4v) is 3.46. The van der Waals surface area contributed by atoms with Crippen LogP contribution in [0.2, 0.25) is 0 Å². The lowest BCUT2D eigenvalue weighted by Crippen LogP contribution is -2.39. The van der Waals surface area contributed by atoms with Crippen LogP contribution in [0.5, 0.6) is 0 Å². The minimum absolute atomic E-state index is 0. The van der Waals surface area contributed by atoms with Crippen molar-refractivity contribution >= 4 is 29.7 Å². The van der Waals surface area contributed by atoms with E-state index in [0.717, 1.165) is 30.7 Å². The van der Waals surface area contributed by atoms with Crippen LogP contribution in [0.3, 0.4) is 0 Å². The Morgan fingerprint density at radius 2 is 2.39 bits per heavy atom. The van der Waals surface area contributed by atoms with E-state index < -0.39 is 0 Å². The number of hydrogen-bond donors (Lipinski definition) is 1. The van der Waals surface area contributed by atoms with Crippen LogP contribution in [0.1, 0.15) is 31.6 Å². The summed E-state index contributed by atoms with van der Waals surface area (Å²) in [7, 11) is 0.